The van der Waals surface area contributed by atoms with Gasteiger partial charge in [0.1, 0.15) is 0 Å². The zero-order chi connectivity index (χ0) is 15.6. The molecule has 23 heavy (non-hydrogen) atoms. The maximum Gasteiger partial charge on any atom is 0.0992 e. The van der Waals surface area contributed by atoms with E-state index in [2.05, 4.69) is 46.0 Å². The minimum absolute atomic E-state index is 0.663. The largest absolute Gasteiger partial charge is 0.317 e. The highest BCUT2D eigenvalue weighted by molar-refractivity contribution is 5.86. The Morgan fingerprint density at radius 1 is 0.913 bits per heavy atom. The Balaban J connectivity index is 1.83. The minimum Gasteiger partial charge on any atom is -0.317 e. The molecule has 0 bridgehead atoms. The summed E-state index contributed by atoms with van der Waals surface area (Å²) in [5, 5.41) is 10.2. The lowest BCUT2D eigenvalue weighted by atomic mass is 10.1. The third-order valence-electron chi connectivity index (χ3n) is 3.94. The van der Waals surface area contributed by atoms with E-state index in [9.17, 15) is 0 Å². The van der Waals surface area contributed by atoms with E-state index in [0.717, 1.165) is 27.7 Å². The van der Waals surface area contributed by atoms with Crippen molar-refractivity contribution in [3.8, 4) is 22.9 Å². The lowest BCUT2D eigenvalue weighted by Gasteiger charge is -2.07. The van der Waals surface area contributed by atoms with Gasteiger partial charge in [-0.05, 0) is 48.0 Å². The van der Waals surface area contributed by atoms with Crippen molar-refractivity contribution in [3.05, 3.63) is 84.8 Å². The van der Waals surface area contributed by atoms with Crippen LogP contribution in [0.3, 0.4) is 0 Å². The van der Waals surface area contributed by atoms with Crippen LogP contribution in [0.15, 0.2) is 79.3 Å². The molecule has 0 saturated carbocycles. The Hall–Kier alpha value is -3.38. The first-order valence-corrected chi connectivity index (χ1v) is 7.37. The van der Waals surface area contributed by atoms with Crippen LogP contribution in [0.4, 0.5) is 0 Å². The summed E-state index contributed by atoms with van der Waals surface area (Å²) < 4.78 is 2.10. The molecule has 0 fully saturated rings. The van der Waals surface area contributed by atoms with E-state index in [1.54, 1.807) is 6.20 Å². The highest BCUT2D eigenvalue weighted by atomic mass is 15.0. The molecule has 0 aliphatic heterocycles. The molecule has 0 N–H and O–H groups in total. The van der Waals surface area contributed by atoms with Crippen molar-refractivity contribution in [2.45, 2.75) is 0 Å². The highest BCUT2D eigenvalue weighted by Gasteiger charge is 2.06. The highest BCUT2D eigenvalue weighted by Crippen LogP contribution is 2.26. The quantitative estimate of drug-likeness (QED) is 0.544. The number of rotatable bonds is 2. The van der Waals surface area contributed by atoms with Crippen molar-refractivity contribution in [1.29, 1.82) is 5.26 Å². The molecule has 2 aromatic heterocycles. The molecule has 0 aliphatic rings. The van der Waals surface area contributed by atoms with E-state index in [1.807, 2.05) is 42.7 Å². The van der Waals surface area contributed by atoms with Gasteiger partial charge in [-0.2, -0.15) is 5.26 Å². The summed E-state index contributed by atoms with van der Waals surface area (Å²) in [5.41, 5.74) is 5.03. The van der Waals surface area contributed by atoms with Gasteiger partial charge >= 0.3 is 0 Å². The summed E-state index contributed by atoms with van der Waals surface area (Å²) in [5.74, 6) is 0. The fourth-order valence-corrected chi connectivity index (χ4v) is 2.81. The number of hydrogen-bond donors (Lipinski definition) is 0. The summed E-state index contributed by atoms with van der Waals surface area (Å²) in [6, 6.07) is 22.3. The number of nitriles is 1. The molecule has 4 aromatic rings. The van der Waals surface area contributed by atoms with Gasteiger partial charge in [-0.25, -0.2) is 0 Å². The van der Waals surface area contributed by atoms with Gasteiger partial charge in [0.05, 0.1) is 17.1 Å². The molecule has 3 nitrogen and oxygen atoms in total. The molecule has 3 heteroatoms. The molecule has 2 heterocycles. The smallest absolute Gasteiger partial charge is 0.0992 e. The zero-order valence-electron chi connectivity index (χ0n) is 12.3. The van der Waals surface area contributed by atoms with E-state index in [0.29, 0.717) is 5.56 Å². The van der Waals surface area contributed by atoms with Gasteiger partial charge < -0.3 is 4.57 Å². The van der Waals surface area contributed by atoms with Crippen LogP contribution in [-0.4, -0.2) is 9.55 Å². The van der Waals surface area contributed by atoms with Crippen molar-refractivity contribution < 1.29 is 0 Å². The Labute approximate surface area is 134 Å². The molecule has 0 spiro atoms. The van der Waals surface area contributed by atoms with Crippen molar-refractivity contribution in [1.82, 2.24) is 9.55 Å². The monoisotopic (exact) mass is 295 g/mol. The number of nitrogens with zero attached hydrogens (tertiary/aromatic N) is 3. The Kier molecular flexibility index (Phi) is 3.14. The van der Waals surface area contributed by atoms with Crippen LogP contribution in [0.25, 0.3) is 27.7 Å². The van der Waals surface area contributed by atoms with Gasteiger partial charge in [0, 0.05) is 35.2 Å². The van der Waals surface area contributed by atoms with E-state index < -0.39 is 0 Å². The third kappa shape index (κ3) is 2.37. The van der Waals surface area contributed by atoms with Crippen molar-refractivity contribution >= 4 is 10.9 Å². The maximum atomic E-state index is 9.07. The molecule has 0 saturated heterocycles. The Morgan fingerprint density at radius 2 is 1.87 bits per heavy atom. The lowest BCUT2D eigenvalue weighted by Crippen LogP contribution is -1.92. The van der Waals surface area contributed by atoms with E-state index in [4.69, 9.17) is 5.26 Å². The van der Waals surface area contributed by atoms with Gasteiger partial charge in [0.25, 0.3) is 0 Å². The predicted molar refractivity (Wildman–Crippen MR) is 91.2 cm³/mol. The average molecular weight is 295 g/mol. The summed E-state index contributed by atoms with van der Waals surface area (Å²) in [7, 11) is 0. The van der Waals surface area contributed by atoms with E-state index in [1.165, 1.54) is 0 Å². The molecular weight excluding hydrogens is 282 g/mol. The topological polar surface area (TPSA) is 41.6 Å². The molecule has 2 aromatic carbocycles. The van der Waals surface area contributed by atoms with E-state index >= 15 is 0 Å². The van der Waals surface area contributed by atoms with Crippen LogP contribution in [0.1, 0.15) is 5.56 Å². The molecular formula is C20H13N3. The Morgan fingerprint density at radius 3 is 2.70 bits per heavy atom. The second-order valence-electron chi connectivity index (χ2n) is 5.36. The average Bonchev–Trinajstić information content (AvgIpc) is 3.05. The Bertz CT molecular complexity index is 1020. The molecule has 0 radical (unpaired) electrons. The van der Waals surface area contributed by atoms with Gasteiger partial charge in [-0.15, -0.1) is 0 Å². The summed E-state index contributed by atoms with van der Waals surface area (Å²) in [6.45, 7) is 0. The predicted octanol–water partition coefficient (Wildman–Crippen LogP) is 4.56. The standard InChI is InChI=1S/C20H13N3/c21-13-15-3-1-5-19(11-15)23-10-8-17-12-16(6-7-20(17)23)18-4-2-9-22-14-18/h1-12,14H. The minimum atomic E-state index is 0.663. The van der Waals surface area contributed by atoms with Gasteiger partial charge in [-0.3, -0.25) is 4.98 Å². The summed E-state index contributed by atoms with van der Waals surface area (Å²) in [6.07, 6.45) is 5.68. The van der Waals surface area contributed by atoms with Crippen LogP contribution in [0.5, 0.6) is 0 Å². The van der Waals surface area contributed by atoms with Crippen molar-refractivity contribution in [2.75, 3.05) is 0 Å². The van der Waals surface area contributed by atoms with Crippen LogP contribution in [-0.2, 0) is 0 Å². The van der Waals surface area contributed by atoms with Gasteiger partial charge in [-0.1, -0.05) is 18.2 Å². The molecule has 0 amide bonds. The number of hydrogen-bond acceptors (Lipinski definition) is 2. The van der Waals surface area contributed by atoms with Gasteiger partial charge in [0.15, 0.2) is 0 Å². The first kappa shape index (κ1) is 13.3. The second-order valence-corrected chi connectivity index (χ2v) is 5.36. The number of aromatic nitrogens is 2. The first-order chi connectivity index (χ1) is 11.3. The first-order valence-electron chi connectivity index (χ1n) is 7.37. The third-order valence-corrected chi connectivity index (χ3v) is 3.94. The lowest BCUT2D eigenvalue weighted by molar-refractivity contribution is 1.13. The molecule has 0 unspecified atom stereocenters. The second kappa shape index (κ2) is 5.43. The summed E-state index contributed by atoms with van der Waals surface area (Å²) >= 11 is 0. The molecule has 4 rings (SSSR count). The molecule has 0 aliphatic carbocycles. The van der Waals surface area contributed by atoms with Crippen molar-refractivity contribution in [2.24, 2.45) is 0 Å². The number of pyridine rings is 1. The molecule has 0 atom stereocenters. The van der Waals surface area contributed by atoms with Crippen LogP contribution < -0.4 is 0 Å². The maximum absolute atomic E-state index is 9.07. The SMILES string of the molecule is N#Cc1cccc(-n2ccc3cc(-c4cccnc4)ccc32)c1. The van der Waals surface area contributed by atoms with Crippen LogP contribution >= 0.6 is 0 Å². The number of fused-ring (bicyclic) bond motifs is 1. The van der Waals surface area contributed by atoms with E-state index in [-0.39, 0.29) is 0 Å². The van der Waals surface area contributed by atoms with Gasteiger partial charge in [0.2, 0.25) is 0 Å². The van der Waals surface area contributed by atoms with Crippen LogP contribution in [0, 0.1) is 11.3 Å². The zero-order valence-corrected chi connectivity index (χ0v) is 12.3. The fourth-order valence-electron chi connectivity index (χ4n) is 2.81. The number of benzene rings is 2. The molecule has 108 valence electrons. The van der Waals surface area contributed by atoms with Crippen molar-refractivity contribution in [3.63, 3.8) is 0 Å². The normalized spacial score (nSPS) is 10.6. The van der Waals surface area contributed by atoms with Crippen LogP contribution in [0.2, 0.25) is 0 Å². The summed E-state index contributed by atoms with van der Waals surface area (Å²) in [4.78, 5) is 4.18. The fraction of sp³-hybridized carbons (Fsp3) is 0.